The molecule has 4 N–H and O–H groups in total. The molecule has 0 amide bonds. The van der Waals surface area contributed by atoms with Gasteiger partial charge in [0.1, 0.15) is 16.8 Å². The SMILES string of the molecule is CCCOC1C(c2ccc(C)c(C)c2)[C@@]2(O)[C@]1(O)C(c1ccc(C)c(C)c1)[C@@]2(O)CO. The van der Waals surface area contributed by atoms with Gasteiger partial charge in [0.05, 0.1) is 18.6 Å². The first-order chi connectivity index (χ1) is 14.6. The molecule has 5 heteroatoms. The number of benzene rings is 2. The summed E-state index contributed by atoms with van der Waals surface area (Å²) in [6.07, 6.45) is 0.0708. The molecule has 0 aromatic heterocycles. The average molecular weight is 427 g/mol. The van der Waals surface area contributed by atoms with Gasteiger partial charge < -0.3 is 25.2 Å². The Morgan fingerprint density at radius 3 is 1.90 bits per heavy atom. The van der Waals surface area contributed by atoms with Gasteiger partial charge in [0.15, 0.2) is 0 Å². The molecule has 168 valence electrons. The van der Waals surface area contributed by atoms with Crippen LogP contribution in [0.4, 0.5) is 0 Å². The first-order valence-electron chi connectivity index (χ1n) is 11.1. The fourth-order valence-corrected chi connectivity index (χ4v) is 5.88. The van der Waals surface area contributed by atoms with E-state index in [0.29, 0.717) is 12.2 Å². The molecule has 2 aliphatic carbocycles. The Kier molecular flexibility index (Phi) is 5.35. The summed E-state index contributed by atoms with van der Waals surface area (Å²) in [4.78, 5) is 0. The van der Waals surface area contributed by atoms with Crippen LogP contribution in [0, 0.1) is 27.7 Å². The number of aliphatic hydroxyl groups excluding tert-OH is 1. The van der Waals surface area contributed by atoms with Crippen LogP contribution in [0.5, 0.6) is 0 Å². The minimum absolute atomic E-state index is 0.432. The summed E-state index contributed by atoms with van der Waals surface area (Å²) in [5, 5.41) is 45.5. The molecule has 0 spiro atoms. The van der Waals surface area contributed by atoms with Crippen LogP contribution in [0.15, 0.2) is 36.4 Å². The summed E-state index contributed by atoms with van der Waals surface area (Å²) >= 11 is 0. The first kappa shape index (κ1) is 22.4. The number of aliphatic hydroxyl groups is 4. The van der Waals surface area contributed by atoms with Crippen molar-refractivity contribution >= 4 is 0 Å². The Morgan fingerprint density at radius 1 is 0.839 bits per heavy atom. The van der Waals surface area contributed by atoms with E-state index in [0.717, 1.165) is 34.2 Å². The summed E-state index contributed by atoms with van der Waals surface area (Å²) in [5.74, 6) is -1.51. The van der Waals surface area contributed by atoms with E-state index in [1.54, 1.807) is 0 Å². The maximum atomic E-state index is 11.9. The predicted molar refractivity (Wildman–Crippen MR) is 119 cm³/mol. The molecule has 2 aromatic rings. The third-order valence-corrected chi connectivity index (χ3v) is 7.87. The highest BCUT2D eigenvalue weighted by Gasteiger charge is 2.92. The predicted octanol–water partition coefficient (Wildman–Crippen LogP) is 2.80. The van der Waals surface area contributed by atoms with Crippen molar-refractivity contribution in [2.24, 2.45) is 0 Å². The zero-order valence-electron chi connectivity index (χ0n) is 19.0. The van der Waals surface area contributed by atoms with Crippen LogP contribution in [0.3, 0.4) is 0 Å². The van der Waals surface area contributed by atoms with Crippen LogP contribution in [-0.2, 0) is 4.74 Å². The molecule has 0 saturated heterocycles. The maximum absolute atomic E-state index is 11.9. The van der Waals surface area contributed by atoms with E-state index in [4.69, 9.17) is 4.74 Å². The fourth-order valence-electron chi connectivity index (χ4n) is 5.88. The fraction of sp³-hybridized carbons (Fsp3) is 0.538. The molecule has 2 saturated carbocycles. The van der Waals surface area contributed by atoms with E-state index in [2.05, 4.69) is 0 Å². The van der Waals surface area contributed by atoms with Crippen molar-refractivity contribution in [1.82, 2.24) is 0 Å². The molecular formula is C26H34O5. The minimum atomic E-state index is -1.92. The van der Waals surface area contributed by atoms with Crippen LogP contribution in [0.1, 0.15) is 58.6 Å². The van der Waals surface area contributed by atoms with Gasteiger partial charge in [-0.15, -0.1) is 0 Å². The first-order valence-corrected chi connectivity index (χ1v) is 11.1. The van der Waals surface area contributed by atoms with Crippen molar-refractivity contribution in [3.63, 3.8) is 0 Å². The van der Waals surface area contributed by atoms with Crippen molar-refractivity contribution in [3.8, 4) is 0 Å². The molecule has 31 heavy (non-hydrogen) atoms. The lowest BCUT2D eigenvalue weighted by Crippen LogP contribution is -2.98. The quantitative estimate of drug-likeness (QED) is 0.570. The summed E-state index contributed by atoms with van der Waals surface area (Å²) in [5.41, 5.74) is 0.268. The lowest BCUT2D eigenvalue weighted by molar-refractivity contribution is -0.453. The second-order valence-electron chi connectivity index (χ2n) is 9.56. The molecule has 4 rings (SSSR count). The molecule has 0 heterocycles. The zero-order valence-corrected chi connectivity index (χ0v) is 19.0. The third kappa shape index (κ3) is 2.68. The second kappa shape index (κ2) is 7.39. The standard InChI is InChI=1S/C26H34O5/c1-6-11-31-23-21(19-9-7-15(2)17(4)12-19)26(30)24(28,14-27)22(25(23,26)29)20-10-8-16(3)18(5)13-20/h7-10,12-13,21-23,27-30H,6,11,14H2,1-5H3/t21?,22?,23?,24-,25-,26-/m0/s1. The van der Waals surface area contributed by atoms with Gasteiger partial charge in [-0.3, -0.25) is 0 Å². The smallest absolute Gasteiger partial charge is 0.137 e. The number of rotatable bonds is 6. The van der Waals surface area contributed by atoms with Gasteiger partial charge in [-0.05, 0) is 67.5 Å². The lowest BCUT2D eigenvalue weighted by Gasteiger charge is -2.80. The van der Waals surface area contributed by atoms with E-state index in [-0.39, 0.29) is 0 Å². The second-order valence-corrected chi connectivity index (χ2v) is 9.56. The van der Waals surface area contributed by atoms with Gasteiger partial charge in [-0.2, -0.15) is 0 Å². The zero-order chi connectivity index (χ0) is 22.8. The number of hydrogen-bond acceptors (Lipinski definition) is 5. The van der Waals surface area contributed by atoms with Gasteiger partial charge >= 0.3 is 0 Å². The largest absolute Gasteiger partial charge is 0.393 e. The van der Waals surface area contributed by atoms with Crippen LogP contribution < -0.4 is 0 Å². The summed E-state index contributed by atoms with van der Waals surface area (Å²) in [7, 11) is 0. The molecule has 0 radical (unpaired) electrons. The van der Waals surface area contributed by atoms with Crippen molar-refractivity contribution in [2.45, 2.75) is 75.8 Å². The minimum Gasteiger partial charge on any atom is -0.393 e. The number of hydrogen-bond donors (Lipinski definition) is 4. The van der Waals surface area contributed by atoms with Crippen LogP contribution in [0.2, 0.25) is 0 Å². The number of ether oxygens (including phenoxy) is 1. The molecule has 0 bridgehead atoms. The van der Waals surface area contributed by atoms with Crippen molar-refractivity contribution in [1.29, 1.82) is 0 Å². The molecule has 0 aliphatic heterocycles. The Balaban J connectivity index is 1.84. The normalized spacial score (nSPS) is 36.5. The van der Waals surface area contributed by atoms with Crippen molar-refractivity contribution in [2.75, 3.05) is 13.2 Å². The highest BCUT2D eigenvalue weighted by atomic mass is 16.5. The molecule has 2 fully saturated rings. The number of fused-ring (bicyclic) bond motifs is 1. The van der Waals surface area contributed by atoms with Gasteiger partial charge in [0, 0.05) is 12.5 Å². The molecule has 6 atom stereocenters. The Hall–Kier alpha value is -1.76. The molecule has 5 nitrogen and oxygen atoms in total. The van der Waals surface area contributed by atoms with Crippen molar-refractivity contribution in [3.05, 3.63) is 69.8 Å². The van der Waals surface area contributed by atoms with Gasteiger partial charge in [-0.25, -0.2) is 0 Å². The van der Waals surface area contributed by atoms with E-state index in [1.807, 2.05) is 71.0 Å². The Labute approximate surface area is 184 Å². The Bertz CT molecular complexity index is 1000. The topological polar surface area (TPSA) is 90.2 Å². The van der Waals surface area contributed by atoms with E-state index in [9.17, 15) is 20.4 Å². The number of aryl methyl sites for hydroxylation is 4. The maximum Gasteiger partial charge on any atom is 0.137 e. The molecule has 2 aromatic carbocycles. The van der Waals surface area contributed by atoms with Gasteiger partial charge in [-0.1, -0.05) is 43.3 Å². The van der Waals surface area contributed by atoms with Crippen LogP contribution in [-0.4, -0.2) is 56.5 Å². The summed E-state index contributed by atoms with van der Waals surface area (Å²) in [6, 6.07) is 11.6. The average Bonchev–Trinajstić information content (AvgIpc) is 2.74. The van der Waals surface area contributed by atoms with Crippen LogP contribution in [0.25, 0.3) is 0 Å². The Morgan fingerprint density at radius 2 is 1.39 bits per heavy atom. The molecule has 2 aliphatic rings. The summed E-state index contributed by atoms with van der Waals surface area (Å²) in [6.45, 7) is 9.73. The third-order valence-electron chi connectivity index (χ3n) is 7.87. The highest BCUT2D eigenvalue weighted by Crippen LogP contribution is 2.75. The molecular weight excluding hydrogens is 392 g/mol. The van der Waals surface area contributed by atoms with E-state index < -0.39 is 41.3 Å². The lowest BCUT2D eigenvalue weighted by atomic mass is 9.31. The highest BCUT2D eigenvalue weighted by molar-refractivity contribution is 5.56. The van der Waals surface area contributed by atoms with Gasteiger partial charge in [0.2, 0.25) is 0 Å². The van der Waals surface area contributed by atoms with E-state index in [1.165, 1.54) is 0 Å². The monoisotopic (exact) mass is 426 g/mol. The van der Waals surface area contributed by atoms with Crippen molar-refractivity contribution < 1.29 is 25.2 Å². The summed E-state index contributed by atoms with van der Waals surface area (Å²) < 4.78 is 6.11. The van der Waals surface area contributed by atoms with Gasteiger partial charge in [0.25, 0.3) is 0 Å². The van der Waals surface area contributed by atoms with Crippen LogP contribution >= 0.6 is 0 Å². The molecule has 3 unspecified atom stereocenters. The van der Waals surface area contributed by atoms with E-state index >= 15 is 0 Å².